The van der Waals surface area contributed by atoms with E-state index in [1.54, 1.807) is 0 Å². The summed E-state index contributed by atoms with van der Waals surface area (Å²) >= 11 is 0. The summed E-state index contributed by atoms with van der Waals surface area (Å²) in [5.41, 5.74) is 2.23. The normalized spacial score (nSPS) is 18.4. The van der Waals surface area contributed by atoms with Crippen molar-refractivity contribution in [1.29, 1.82) is 0 Å². The summed E-state index contributed by atoms with van der Waals surface area (Å²) in [4.78, 5) is 9.34. The molecule has 3 rings (SSSR count). The molecule has 0 N–H and O–H groups in total. The molecule has 3 nitrogen and oxygen atoms in total. The van der Waals surface area contributed by atoms with E-state index >= 15 is 0 Å². The van der Waals surface area contributed by atoms with Gasteiger partial charge >= 0.3 is 0 Å². The monoisotopic (exact) mass is 450 g/mol. The quantitative estimate of drug-likeness (QED) is 0.254. The van der Waals surface area contributed by atoms with Gasteiger partial charge in [0, 0.05) is 24.4 Å². The van der Waals surface area contributed by atoms with E-state index in [1.165, 1.54) is 83.5 Å². The second-order valence-corrected chi connectivity index (χ2v) is 10.1. The second-order valence-electron chi connectivity index (χ2n) is 10.1. The largest absolute Gasteiger partial charge is 0.494 e. The maximum atomic E-state index is 5.89. The highest BCUT2D eigenvalue weighted by molar-refractivity contribution is 5.62. The van der Waals surface area contributed by atoms with Crippen molar-refractivity contribution >= 4 is 0 Å². The lowest BCUT2D eigenvalue weighted by Gasteiger charge is -2.28. The predicted octanol–water partition coefficient (Wildman–Crippen LogP) is 8.81. The van der Waals surface area contributed by atoms with Crippen LogP contribution in [0.15, 0.2) is 36.7 Å². The number of hydrogen-bond acceptors (Lipinski definition) is 3. The first-order valence-corrected chi connectivity index (χ1v) is 13.8. The second kappa shape index (κ2) is 15.1. The minimum Gasteiger partial charge on any atom is -0.494 e. The van der Waals surface area contributed by atoms with E-state index in [0.717, 1.165) is 54.0 Å². The van der Waals surface area contributed by atoms with E-state index < -0.39 is 0 Å². The molecular formula is C30H46N2O. The van der Waals surface area contributed by atoms with Gasteiger partial charge in [-0.3, -0.25) is 0 Å². The van der Waals surface area contributed by atoms with Crippen LogP contribution in [0.2, 0.25) is 0 Å². The third-order valence-electron chi connectivity index (χ3n) is 7.37. The predicted molar refractivity (Wildman–Crippen MR) is 140 cm³/mol. The lowest BCUT2D eigenvalue weighted by atomic mass is 9.78. The summed E-state index contributed by atoms with van der Waals surface area (Å²) in [6.45, 7) is 5.35. The first kappa shape index (κ1) is 25.7. The van der Waals surface area contributed by atoms with Gasteiger partial charge in [0.1, 0.15) is 11.6 Å². The number of hydrogen-bond donors (Lipinski definition) is 0. The molecule has 0 atom stereocenters. The molecule has 1 aliphatic carbocycles. The molecule has 33 heavy (non-hydrogen) atoms. The van der Waals surface area contributed by atoms with Gasteiger partial charge in [-0.05, 0) is 42.4 Å². The van der Waals surface area contributed by atoms with Crippen molar-refractivity contribution in [2.75, 3.05) is 6.61 Å². The molecule has 0 spiro atoms. The Morgan fingerprint density at radius 3 is 1.97 bits per heavy atom. The van der Waals surface area contributed by atoms with E-state index in [-0.39, 0.29) is 0 Å². The third-order valence-corrected chi connectivity index (χ3v) is 7.37. The summed E-state index contributed by atoms with van der Waals surface area (Å²) in [5, 5.41) is 0. The van der Waals surface area contributed by atoms with E-state index in [9.17, 15) is 0 Å². The Morgan fingerprint density at radius 1 is 0.697 bits per heavy atom. The zero-order valence-electron chi connectivity index (χ0n) is 21.2. The number of rotatable bonds is 15. The molecule has 3 heteroatoms. The van der Waals surface area contributed by atoms with Crippen LogP contribution in [0.25, 0.3) is 11.1 Å². The zero-order valence-corrected chi connectivity index (χ0v) is 21.2. The summed E-state index contributed by atoms with van der Waals surface area (Å²) < 4.78 is 5.89. The van der Waals surface area contributed by atoms with Crippen molar-refractivity contribution in [2.45, 2.75) is 110 Å². The molecule has 1 aromatic heterocycles. The number of benzene rings is 1. The molecule has 0 amide bonds. The van der Waals surface area contributed by atoms with Crippen LogP contribution in [0.3, 0.4) is 0 Å². The Balaban J connectivity index is 1.36. The molecule has 1 aliphatic rings. The molecule has 0 saturated heterocycles. The topological polar surface area (TPSA) is 35.0 Å². The summed E-state index contributed by atoms with van der Waals surface area (Å²) in [7, 11) is 0. The van der Waals surface area contributed by atoms with Crippen molar-refractivity contribution in [3.05, 3.63) is 42.5 Å². The van der Waals surface area contributed by atoms with Gasteiger partial charge in [-0.1, -0.05) is 103 Å². The summed E-state index contributed by atoms with van der Waals surface area (Å²) in [5.74, 6) is 3.81. The van der Waals surface area contributed by atoms with Crippen LogP contribution in [0.5, 0.6) is 5.75 Å². The van der Waals surface area contributed by atoms with Gasteiger partial charge in [-0.2, -0.15) is 0 Å². The van der Waals surface area contributed by atoms with Crippen molar-refractivity contribution in [1.82, 2.24) is 9.97 Å². The lowest BCUT2D eigenvalue weighted by molar-refractivity contribution is 0.248. The number of unbranched alkanes of at least 4 members (excludes halogenated alkanes) is 6. The molecule has 0 aliphatic heterocycles. The molecule has 2 aromatic rings. The van der Waals surface area contributed by atoms with Crippen LogP contribution in [0, 0.1) is 11.8 Å². The van der Waals surface area contributed by atoms with Crippen molar-refractivity contribution in [2.24, 2.45) is 11.8 Å². The molecule has 0 bridgehead atoms. The molecule has 1 heterocycles. The zero-order chi connectivity index (χ0) is 23.1. The molecule has 1 aromatic carbocycles. The lowest BCUT2D eigenvalue weighted by Crippen LogP contribution is -2.15. The average Bonchev–Trinajstić information content (AvgIpc) is 2.86. The average molecular weight is 451 g/mol. The standard InChI is InChI=1S/C30H46N2O/c1-3-5-7-8-10-22-33-29-19-17-27(18-20-29)28-23-31-30(32-24-28)21-16-26-14-12-25(13-15-26)11-9-6-4-2/h17-20,23-26H,3-16,21-22H2,1-2H3. The van der Waals surface area contributed by atoms with Gasteiger partial charge in [0.2, 0.25) is 0 Å². The maximum Gasteiger partial charge on any atom is 0.128 e. The van der Waals surface area contributed by atoms with Crippen LogP contribution >= 0.6 is 0 Å². The number of aryl methyl sites for hydroxylation is 1. The third kappa shape index (κ3) is 9.47. The fourth-order valence-corrected chi connectivity index (χ4v) is 5.10. The van der Waals surface area contributed by atoms with Gasteiger partial charge in [0.15, 0.2) is 0 Å². The van der Waals surface area contributed by atoms with Gasteiger partial charge in [0.25, 0.3) is 0 Å². The Bertz CT molecular complexity index is 748. The fourth-order valence-electron chi connectivity index (χ4n) is 5.10. The van der Waals surface area contributed by atoms with E-state index in [2.05, 4.69) is 48.1 Å². The number of nitrogens with zero attached hydrogens (tertiary/aromatic N) is 2. The Hall–Kier alpha value is -1.90. The SMILES string of the molecule is CCCCCCCOc1ccc(-c2cnc(CCC3CCC(CCCCC)CC3)nc2)cc1. The first-order valence-electron chi connectivity index (χ1n) is 13.8. The number of ether oxygens (including phenoxy) is 1. The van der Waals surface area contributed by atoms with Gasteiger partial charge in [0.05, 0.1) is 6.61 Å². The van der Waals surface area contributed by atoms with Crippen molar-refractivity contribution in [3.8, 4) is 16.9 Å². The van der Waals surface area contributed by atoms with Gasteiger partial charge in [-0.15, -0.1) is 0 Å². The van der Waals surface area contributed by atoms with Gasteiger partial charge in [-0.25, -0.2) is 9.97 Å². The van der Waals surface area contributed by atoms with E-state index in [4.69, 9.17) is 4.74 Å². The molecule has 0 radical (unpaired) electrons. The van der Waals surface area contributed by atoms with Crippen LogP contribution in [0.4, 0.5) is 0 Å². The smallest absolute Gasteiger partial charge is 0.128 e. The van der Waals surface area contributed by atoms with E-state index in [1.807, 2.05) is 12.4 Å². The maximum absolute atomic E-state index is 5.89. The first-order chi connectivity index (χ1) is 16.3. The highest BCUT2D eigenvalue weighted by Crippen LogP contribution is 2.34. The minimum atomic E-state index is 0.807. The summed E-state index contributed by atoms with van der Waals surface area (Å²) in [6, 6.07) is 8.36. The Labute approximate surface area is 202 Å². The van der Waals surface area contributed by atoms with Crippen LogP contribution < -0.4 is 4.74 Å². The fraction of sp³-hybridized carbons (Fsp3) is 0.667. The molecule has 0 unspecified atom stereocenters. The molecular weight excluding hydrogens is 404 g/mol. The van der Waals surface area contributed by atoms with Crippen molar-refractivity contribution in [3.63, 3.8) is 0 Å². The van der Waals surface area contributed by atoms with Crippen LogP contribution in [-0.2, 0) is 6.42 Å². The van der Waals surface area contributed by atoms with Gasteiger partial charge < -0.3 is 4.74 Å². The Kier molecular flexibility index (Phi) is 11.8. The van der Waals surface area contributed by atoms with Crippen LogP contribution in [0.1, 0.15) is 110 Å². The van der Waals surface area contributed by atoms with Crippen LogP contribution in [-0.4, -0.2) is 16.6 Å². The highest BCUT2D eigenvalue weighted by Gasteiger charge is 2.20. The molecule has 182 valence electrons. The molecule has 1 saturated carbocycles. The Morgan fingerprint density at radius 2 is 1.30 bits per heavy atom. The van der Waals surface area contributed by atoms with Crippen molar-refractivity contribution < 1.29 is 4.74 Å². The summed E-state index contributed by atoms with van der Waals surface area (Å²) in [6.07, 6.45) is 23.9. The highest BCUT2D eigenvalue weighted by atomic mass is 16.5. The minimum absolute atomic E-state index is 0.807. The van der Waals surface area contributed by atoms with E-state index in [0.29, 0.717) is 0 Å². The number of aromatic nitrogens is 2. The molecule has 1 fully saturated rings.